The van der Waals surface area contributed by atoms with Gasteiger partial charge in [0.25, 0.3) is 5.91 Å². The van der Waals surface area contributed by atoms with Gasteiger partial charge in [0.1, 0.15) is 11.1 Å². The van der Waals surface area contributed by atoms with Crippen LogP contribution in [0.15, 0.2) is 97.3 Å². The van der Waals surface area contributed by atoms with E-state index in [0.29, 0.717) is 23.4 Å². The summed E-state index contributed by atoms with van der Waals surface area (Å²) in [5.41, 5.74) is 9.63. The van der Waals surface area contributed by atoms with Crippen LogP contribution in [0.1, 0.15) is 103 Å². The normalized spacial score (nSPS) is 15.7. The van der Waals surface area contributed by atoms with Crippen molar-refractivity contribution in [3.05, 3.63) is 120 Å². The first-order chi connectivity index (χ1) is 23.9. The second-order valence-corrected chi connectivity index (χ2v) is 12.7. The topological polar surface area (TPSA) is 137 Å². The van der Waals surface area contributed by atoms with Crippen molar-refractivity contribution < 1.29 is 24.2 Å². The van der Waals surface area contributed by atoms with Crippen LogP contribution in [0.5, 0.6) is 11.8 Å². The maximum Gasteiger partial charge on any atom is 0.341 e. The van der Waals surface area contributed by atoms with Crippen LogP contribution in [0.2, 0.25) is 0 Å². The van der Waals surface area contributed by atoms with Crippen molar-refractivity contribution in [2.75, 3.05) is 27.3 Å². The number of aromatic carboxylic acids is 1. The number of hydrogen-bond donors (Lipinski definition) is 3. The molecule has 4 aromatic rings. The first kappa shape index (κ1) is 39.7. The van der Waals surface area contributed by atoms with Crippen molar-refractivity contribution in [1.29, 1.82) is 0 Å². The van der Waals surface area contributed by atoms with Gasteiger partial charge in [-0.15, -0.1) is 0 Å². The summed E-state index contributed by atoms with van der Waals surface area (Å²) >= 11 is 0. The van der Waals surface area contributed by atoms with Gasteiger partial charge in [-0.1, -0.05) is 107 Å². The van der Waals surface area contributed by atoms with Crippen molar-refractivity contribution >= 4 is 11.9 Å². The van der Waals surface area contributed by atoms with Gasteiger partial charge in [-0.2, -0.15) is 0 Å². The number of ether oxygens (including phenoxy) is 2. The minimum Gasteiger partial charge on any atom is -0.480 e. The number of aromatic nitrogens is 2. The molecule has 2 aromatic heterocycles. The first-order valence-corrected chi connectivity index (χ1v) is 17.2. The number of rotatable bonds is 9. The zero-order valence-corrected chi connectivity index (χ0v) is 28.8. The van der Waals surface area contributed by atoms with Gasteiger partial charge < -0.3 is 25.6 Å². The number of nitrogens with one attached hydrogen (secondary N) is 1. The molecule has 0 unspecified atom stereocenters. The molecule has 2 heterocycles. The van der Waals surface area contributed by atoms with Crippen molar-refractivity contribution in [2.45, 2.75) is 82.5 Å². The van der Waals surface area contributed by atoms with E-state index in [4.69, 9.17) is 20.3 Å². The minimum absolute atomic E-state index is 0. The van der Waals surface area contributed by atoms with E-state index in [1.807, 2.05) is 6.07 Å². The predicted octanol–water partition coefficient (Wildman–Crippen LogP) is 7.99. The molecule has 2 aliphatic rings. The van der Waals surface area contributed by atoms with E-state index in [0.717, 1.165) is 19.4 Å². The molecule has 2 aliphatic carbocycles. The molecule has 0 radical (unpaired) electrons. The molecule has 268 valence electrons. The largest absolute Gasteiger partial charge is 0.480 e. The maximum absolute atomic E-state index is 12.6. The highest BCUT2D eigenvalue weighted by atomic mass is 16.5. The Morgan fingerprint density at radius 2 is 1.12 bits per heavy atom. The van der Waals surface area contributed by atoms with Crippen LogP contribution in [-0.4, -0.2) is 54.3 Å². The molecule has 1 amide bonds. The standard InChI is InChI=1S/C20H24N2O2.C13H19N.C7H7NO3.CH4/c1-24-19-17(11-8-14-21-19)18(23)22-15-20(12-6-3-7-13-20)16-9-4-2-5-10-16;14-11-13(9-5-2-6-10-13)12-7-3-1-4-8-12;1-11-6-5(7(9)10)3-2-4-8-6;/h2,4-5,8-11,14H,3,6-7,12-13,15H2,1H3,(H,22,23);1,3-4,7-8H,2,5-6,9-11,14H2;2-4H,1H3,(H,9,10);1H4. The van der Waals surface area contributed by atoms with Gasteiger partial charge in [0.2, 0.25) is 11.8 Å². The SMILES string of the molecule is C.COc1ncccc1C(=O)NCC1(c2ccccc2)CCCCC1.COc1ncccc1C(=O)O.NCC1(c2ccccc2)CCCCC1. The molecule has 0 atom stereocenters. The van der Waals surface area contributed by atoms with Crippen LogP contribution in [0.3, 0.4) is 0 Å². The lowest BCUT2D eigenvalue weighted by Crippen LogP contribution is -2.42. The third kappa shape index (κ3) is 10.4. The number of nitrogens with two attached hydrogens (primary N) is 1. The van der Waals surface area contributed by atoms with E-state index in [1.165, 1.54) is 89.0 Å². The number of carboxylic acids is 1. The molecule has 0 bridgehead atoms. The number of pyridine rings is 2. The lowest BCUT2D eigenvalue weighted by atomic mass is 9.69. The third-order valence-corrected chi connectivity index (χ3v) is 9.78. The fraction of sp³-hybridized carbons (Fsp3) is 0.415. The van der Waals surface area contributed by atoms with Crippen LogP contribution < -0.4 is 20.5 Å². The second-order valence-electron chi connectivity index (χ2n) is 12.7. The Hall–Kier alpha value is -4.76. The number of methoxy groups -OCH3 is 2. The monoisotopic (exact) mass is 682 g/mol. The Labute approximate surface area is 297 Å². The molecular weight excluding hydrogens is 628 g/mol. The van der Waals surface area contributed by atoms with Gasteiger partial charge in [0.05, 0.1) is 14.2 Å². The number of hydrogen-bond acceptors (Lipinski definition) is 7. The molecule has 50 heavy (non-hydrogen) atoms. The van der Waals surface area contributed by atoms with Gasteiger partial charge in [0.15, 0.2) is 0 Å². The number of amides is 1. The molecule has 2 aromatic carbocycles. The maximum atomic E-state index is 12.6. The summed E-state index contributed by atoms with van der Waals surface area (Å²) in [5.74, 6) is -0.650. The molecule has 0 saturated heterocycles. The quantitative estimate of drug-likeness (QED) is 0.162. The summed E-state index contributed by atoms with van der Waals surface area (Å²) in [6.45, 7) is 1.45. The number of carbonyl (C=O) groups excluding carboxylic acids is 1. The third-order valence-electron chi connectivity index (χ3n) is 9.78. The predicted molar refractivity (Wildman–Crippen MR) is 199 cm³/mol. The molecule has 0 spiro atoms. The Morgan fingerprint density at radius 1 is 0.680 bits per heavy atom. The highest BCUT2D eigenvalue weighted by Gasteiger charge is 2.34. The number of nitrogens with zero attached hydrogens (tertiary/aromatic N) is 2. The summed E-state index contributed by atoms with van der Waals surface area (Å²) in [6.07, 6.45) is 15.6. The van der Waals surface area contributed by atoms with Gasteiger partial charge in [0, 0.05) is 36.3 Å². The molecule has 9 heteroatoms. The van der Waals surface area contributed by atoms with Crippen LogP contribution in [0.4, 0.5) is 0 Å². The van der Waals surface area contributed by atoms with E-state index >= 15 is 0 Å². The Kier molecular flexibility index (Phi) is 15.9. The lowest BCUT2D eigenvalue weighted by Gasteiger charge is -2.38. The highest BCUT2D eigenvalue weighted by molar-refractivity contribution is 5.96. The average Bonchev–Trinajstić information content (AvgIpc) is 3.18. The van der Waals surface area contributed by atoms with Crippen LogP contribution in [-0.2, 0) is 10.8 Å². The lowest BCUT2D eigenvalue weighted by molar-refractivity contribution is 0.0692. The van der Waals surface area contributed by atoms with Gasteiger partial charge in [-0.25, -0.2) is 14.8 Å². The van der Waals surface area contributed by atoms with E-state index in [9.17, 15) is 9.59 Å². The number of carbonyl (C=O) groups is 2. The molecule has 4 N–H and O–H groups in total. The molecule has 2 saturated carbocycles. The van der Waals surface area contributed by atoms with E-state index in [-0.39, 0.29) is 30.2 Å². The van der Waals surface area contributed by atoms with Gasteiger partial charge >= 0.3 is 5.97 Å². The van der Waals surface area contributed by atoms with E-state index in [1.54, 1.807) is 24.4 Å². The minimum atomic E-state index is -1.03. The van der Waals surface area contributed by atoms with Crippen molar-refractivity contribution in [1.82, 2.24) is 15.3 Å². The summed E-state index contributed by atoms with van der Waals surface area (Å²) in [7, 11) is 2.92. The van der Waals surface area contributed by atoms with E-state index < -0.39 is 5.97 Å². The van der Waals surface area contributed by atoms with Crippen molar-refractivity contribution in [3.8, 4) is 11.8 Å². The molecule has 9 nitrogen and oxygen atoms in total. The molecule has 6 rings (SSSR count). The van der Waals surface area contributed by atoms with Gasteiger partial charge in [-0.3, -0.25) is 4.79 Å². The first-order valence-electron chi connectivity index (χ1n) is 17.2. The molecular formula is C41H54N4O5. The van der Waals surface area contributed by atoms with E-state index in [2.05, 4.69) is 69.9 Å². The summed E-state index contributed by atoms with van der Waals surface area (Å²) in [4.78, 5) is 30.9. The summed E-state index contributed by atoms with van der Waals surface area (Å²) in [6, 6.07) is 27.9. The van der Waals surface area contributed by atoms with Crippen LogP contribution >= 0.6 is 0 Å². The van der Waals surface area contributed by atoms with Crippen molar-refractivity contribution in [2.24, 2.45) is 5.73 Å². The summed E-state index contributed by atoms with van der Waals surface area (Å²) in [5, 5.41) is 11.7. The van der Waals surface area contributed by atoms with Crippen molar-refractivity contribution in [3.63, 3.8) is 0 Å². The Bertz CT molecular complexity index is 1590. The zero-order chi connectivity index (χ0) is 35.0. The Morgan fingerprint density at radius 3 is 1.56 bits per heavy atom. The summed E-state index contributed by atoms with van der Waals surface area (Å²) < 4.78 is 9.91. The fourth-order valence-corrected chi connectivity index (χ4v) is 7.01. The second kappa shape index (κ2) is 20.0. The van der Waals surface area contributed by atoms with Crippen LogP contribution in [0.25, 0.3) is 0 Å². The van der Waals surface area contributed by atoms with Gasteiger partial charge in [-0.05, 0) is 61.1 Å². The number of carboxylic acid groups (broad SMARTS) is 1. The molecule has 2 fully saturated rings. The smallest absolute Gasteiger partial charge is 0.341 e. The molecule has 0 aliphatic heterocycles. The number of benzene rings is 2. The Balaban J connectivity index is 0.000000221. The average molecular weight is 683 g/mol. The zero-order valence-electron chi connectivity index (χ0n) is 28.8. The fourth-order valence-electron chi connectivity index (χ4n) is 7.01. The van der Waals surface area contributed by atoms with Crippen LogP contribution in [0, 0.1) is 0 Å². The highest BCUT2D eigenvalue weighted by Crippen LogP contribution is 2.39.